The number of nitrogens with one attached hydrogen (secondary N) is 1. The van der Waals surface area contributed by atoms with E-state index in [0.29, 0.717) is 12.9 Å². The van der Waals surface area contributed by atoms with E-state index in [0.717, 1.165) is 13.1 Å². The number of nitrogens with two attached hydrogens (primary N) is 1. The summed E-state index contributed by atoms with van der Waals surface area (Å²) in [4.78, 5) is 14.3. The van der Waals surface area contributed by atoms with Gasteiger partial charge in [-0.05, 0) is 32.2 Å². The van der Waals surface area contributed by atoms with Gasteiger partial charge in [-0.25, -0.2) is 4.98 Å². The number of rotatable bonds is 6. The van der Waals surface area contributed by atoms with E-state index in [1.165, 1.54) is 6.07 Å². The molecule has 0 saturated heterocycles. The Morgan fingerprint density at radius 3 is 2.70 bits per heavy atom. The fraction of sp³-hybridized carbons (Fsp3) is 0.312. The quantitative estimate of drug-likeness (QED) is 0.782. The fourth-order valence-electron chi connectivity index (χ4n) is 1.73. The van der Waals surface area contributed by atoms with Crippen molar-refractivity contribution in [1.82, 2.24) is 14.9 Å². The molecule has 0 aliphatic heterocycles. The van der Waals surface area contributed by atoms with E-state index in [-0.39, 0.29) is 22.8 Å². The molecule has 0 aliphatic carbocycles. The largest absolute Gasteiger partial charge is 0.477 e. The minimum absolute atomic E-state index is 0.108. The maximum atomic E-state index is 10.5. The number of aromatic nitrogens is 2. The molecule has 0 bridgehead atoms. The average molecular weight is 315 g/mol. The Kier molecular flexibility index (Phi) is 7.89. The second-order valence-corrected chi connectivity index (χ2v) is 4.50. The van der Waals surface area contributed by atoms with Crippen LogP contribution in [0.5, 0.6) is 5.88 Å². The number of hydrogen-bond donors (Lipinski definition) is 2. The maximum absolute atomic E-state index is 10.5. The summed E-state index contributed by atoms with van der Waals surface area (Å²) >= 11 is 0. The van der Waals surface area contributed by atoms with Crippen molar-refractivity contribution in [1.29, 1.82) is 5.26 Å². The molecular weight excluding hydrogens is 294 g/mol. The van der Waals surface area contributed by atoms with Crippen LogP contribution in [0, 0.1) is 11.3 Å². The van der Waals surface area contributed by atoms with Crippen LogP contribution in [-0.4, -0.2) is 36.0 Å². The molecule has 2 aromatic rings. The first kappa shape index (κ1) is 18.2. The molecule has 3 N–H and O–H groups in total. The maximum Gasteiger partial charge on any atom is 0.234 e. The lowest BCUT2D eigenvalue weighted by Gasteiger charge is -2.06. The van der Waals surface area contributed by atoms with Gasteiger partial charge >= 0.3 is 0 Å². The summed E-state index contributed by atoms with van der Waals surface area (Å²) in [6.45, 7) is 4.22. The predicted molar refractivity (Wildman–Crippen MR) is 88.3 cm³/mol. The van der Waals surface area contributed by atoms with Crippen molar-refractivity contribution in [2.24, 2.45) is 0 Å². The number of carbonyl (C=O) groups is 1. The number of carbonyl (C=O) groups excluding carboxylic acids is 1. The molecule has 0 atom stereocenters. The van der Waals surface area contributed by atoms with Gasteiger partial charge in [0.1, 0.15) is 17.3 Å². The molecule has 7 heteroatoms. The highest BCUT2D eigenvalue weighted by molar-refractivity contribution is 5.76. The molecular formula is C16H21N5O2. The zero-order chi connectivity index (χ0) is 17.1. The Hall–Kier alpha value is -2.85. The molecule has 0 aromatic carbocycles. The Balaban J connectivity index is 0.000000253. The summed E-state index contributed by atoms with van der Waals surface area (Å²) in [6.07, 6.45) is 4.69. The zero-order valence-electron chi connectivity index (χ0n) is 13.3. The van der Waals surface area contributed by atoms with Crippen LogP contribution >= 0.6 is 0 Å². The minimum Gasteiger partial charge on any atom is -0.477 e. The van der Waals surface area contributed by atoms with Crippen LogP contribution in [0.4, 0.5) is 5.69 Å². The predicted octanol–water partition coefficient (Wildman–Crippen LogP) is 1.45. The Morgan fingerprint density at radius 2 is 2.17 bits per heavy atom. The van der Waals surface area contributed by atoms with E-state index in [1.807, 2.05) is 25.2 Å². The monoisotopic (exact) mass is 315 g/mol. The fourth-order valence-corrected chi connectivity index (χ4v) is 1.73. The van der Waals surface area contributed by atoms with Crippen LogP contribution in [0.3, 0.4) is 0 Å². The molecule has 23 heavy (non-hydrogen) atoms. The van der Waals surface area contributed by atoms with E-state index >= 15 is 0 Å². The lowest BCUT2D eigenvalue weighted by atomic mass is 10.2. The molecule has 2 aromatic heterocycles. The first-order chi connectivity index (χ1) is 11.2. The van der Waals surface area contributed by atoms with Crippen molar-refractivity contribution in [2.75, 3.05) is 25.9 Å². The summed E-state index contributed by atoms with van der Waals surface area (Å²) in [5.74, 6) is 0.108. The molecule has 0 fully saturated rings. The molecule has 0 unspecified atom stereocenters. The standard InChI is InChI=1S/C9H9N3O2.C7H12N2/c1-2-14-9-7(4-10)8(11)3-6(5-13)12-9;1-8-4-7-9-5-2-3-6-9/h3,5H,2H2,1H3,(H2,11,12);2-3,5-6,8H,4,7H2,1H3. The topological polar surface area (TPSA) is 106 Å². The summed E-state index contributed by atoms with van der Waals surface area (Å²) in [5.41, 5.74) is 6.06. The molecule has 2 rings (SSSR count). The number of nitriles is 1. The van der Waals surface area contributed by atoms with Gasteiger partial charge in [0.15, 0.2) is 6.29 Å². The third-order valence-corrected chi connectivity index (χ3v) is 2.84. The van der Waals surface area contributed by atoms with Crippen LogP contribution in [0.25, 0.3) is 0 Å². The first-order valence-corrected chi connectivity index (χ1v) is 7.20. The second-order valence-electron chi connectivity index (χ2n) is 4.50. The number of aldehydes is 1. The molecule has 122 valence electrons. The molecule has 0 radical (unpaired) electrons. The van der Waals surface area contributed by atoms with Gasteiger partial charge in [0.2, 0.25) is 5.88 Å². The van der Waals surface area contributed by atoms with Gasteiger partial charge in [0, 0.05) is 25.5 Å². The summed E-state index contributed by atoms with van der Waals surface area (Å²) in [6, 6.07) is 7.29. The second kappa shape index (κ2) is 9.97. The molecule has 2 heterocycles. The minimum atomic E-state index is 0.108. The highest BCUT2D eigenvalue weighted by atomic mass is 16.5. The van der Waals surface area contributed by atoms with Gasteiger partial charge in [-0.3, -0.25) is 4.79 Å². The van der Waals surface area contributed by atoms with Crippen molar-refractivity contribution in [2.45, 2.75) is 13.5 Å². The van der Waals surface area contributed by atoms with Crippen molar-refractivity contribution in [3.05, 3.63) is 41.9 Å². The Labute approximate surface area is 135 Å². The van der Waals surface area contributed by atoms with Crippen molar-refractivity contribution >= 4 is 12.0 Å². The van der Waals surface area contributed by atoms with E-state index in [4.69, 9.17) is 15.7 Å². The third-order valence-electron chi connectivity index (χ3n) is 2.84. The van der Waals surface area contributed by atoms with Crippen LogP contribution < -0.4 is 15.8 Å². The SMILES string of the molecule is CCOc1nc(C=O)cc(N)c1C#N.CNCCn1cccc1. The smallest absolute Gasteiger partial charge is 0.234 e. The number of anilines is 1. The van der Waals surface area contributed by atoms with Crippen molar-refractivity contribution in [3.63, 3.8) is 0 Å². The molecule has 0 amide bonds. The summed E-state index contributed by atoms with van der Waals surface area (Å²) in [5, 5.41) is 11.8. The number of likely N-dealkylation sites (N-methyl/N-ethyl adjacent to an activating group) is 1. The number of nitrogens with zero attached hydrogens (tertiary/aromatic N) is 3. The van der Waals surface area contributed by atoms with Gasteiger partial charge in [-0.2, -0.15) is 5.26 Å². The molecule has 0 spiro atoms. The van der Waals surface area contributed by atoms with Crippen molar-refractivity contribution in [3.8, 4) is 11.9 Å². The zero-order valence-corrected chi connectivity index (χ0v) is 13.3. The number of hydrogen-bond acceptors (Lipinski definition) is 6. The highest BCUT2D eigenvalue weighted by Gasteiger charge is 2.10. The van der Waals surface area contributed by atoms with E-state index < -0.39 is 0 Å². The molecule has 0 aliphatic rings. The molecule has 7 nitrogen and oxygen atoms in total. The highest BCUT2D eigenvalue weighted by Crippen LogP contribution is 2.21. The number of nitrogen functional groups attached to an aromatic ring is 1. The van der Waals surface area contributed by atoms with Gasteiger partial charge < -0.3 is 20.4 Å². The number of pyridine rings is 1. The summed E-state index contributed by atoms with van der Waals surface area (Å²) in [7, 11) is 1.96. The van der Waals surface area contributed by atoms with Crippen LogP contribution in [-0.2, 0) is 6.54 Å². The normalized spacial score (nSPS) is 9.43. The lowest BCUT2D eigenvalue weighted by Crippen LogP contribution is -2.13. The van der Waals surface area contributed by atoms with Crippen LogP contribution in [0.1, 0.15) is 23.0 Å². The van der Waals surface area contributed by atoms with Crippen LogP contribution in [0.15, 0.2) is 30.6 Å². The van der Waals surface area contributed by atoms with E-state index in [2.05, 4.69) is 27.3 Å². The average Bonchev–Trinajstić information content (AvgIpc) is 3.07. The van der Waals surface area contributed by atoms with Crippen molar-refractivity contribution < 1.29 is 9.53 Å². The Morgan fingerprint density at radius 1 is 1.48 bits per heavy atom. The third kappa shape index (κ3) is 5.80. The number of ether oxygens (including phenoxy) is 1. The van der Waals surface area contributed by atoms with Gasteiger partial charge in [0.05, 0.1) is 12.3 Å². The first-order valence-electron chi connectivity index (χ1n) is 7.20. The van der Waals surface area contributed by atoms with Gasteiger partial charge in [-0.15, -0.1) is 0 Å². The molecule has 0 saturated carbocycles. The Bertz CT molecular complexity index is 647. The summed E-state index contributed by atoms with van der Waals surface area (Å²) < 4.78 is 7.23. The van der Waals surface area contributed by atoms with Crippen LogP contribution in [0.2, 0.25) is 0 Å². The lowest BCUT2D eigenvalue weighted by molar-refractivity contribution is 0.111. The van der Waals surface area contributed by atoms with E-state index in [1.54, 1.807) is 6.92 Å². The van der Waals surface area contributed by atoms with Gasteiger partial charge in [0.25, 0.3) is 0 Å². The van der Waals surface area contributed by atoms with Gasteiger partial charge in [-0.1, -0.05) is 0 Å². The van der Waals surface area contributed by atoms with E-state index in [9.17, 15) is 4.79 Å².